The van der Waals surface area contributed by atoms with Gasteiger partial charge in [0.15, 0.2) is 5.96 Å². The molecule has 16 unspecified atom stereocenters. The number of hydrogen-bond donors (Lipinski definition) is 23. The molecule has 41 heteroatoms. The molecule has 1 heterocycles. The van der Waals surface area contributed by atoms with Gasteiger partial charge in [-0.25, -0.2) is 4.79 Å². The Balaban J connectivity index is 1.96. The SMILES string of the molecule is CCC(C)C(NC(=O)C(CC(C)C)NC(=O)C(CCCNC(=N)N)NC(=O)C(CCCCN)NC(=O)C(NC(=O)C(C)N)C(C)C)C(=O)NC(CCC(=O)O)C(=O)NC(C(=O)NC(Cc1ccccc1)C(=O)NC(C(=O)N1CCCC1C(=O)NC(CCC(=O)O)C(=O)NC(CC(N)=O)C(=O)NC(Cc1ccc(O)cc1)C(=O)O)C(C)C)C(C)O. The predicted molar refractivity (Wildman–Crippen MR) is 431 cm³/mol. The van der Waals surface area contributed by atoms with Crippen molar-refractivity contribution in [3.05, 3.63) is 65.7 Å². The predicted octanol–water partition coefficient (Wildman–Crippen LogP) is -3.80. The molecule has 0 radical (unpaired) electrons. The van der Waals surface area contributed by atoms with E-state index in [1.807, 2.05) is 0 Å². The number of phenols is 1. The monoisotopic (exact) mass is 1680 g/mol. The van der Waals surface area contributed by atoms with Crippen LogP contribution in [0.4, 0.5) is 0 Å². The molecule has 119 heavy (non-hydrogen) atoms. The number of aliphatic carboxylic acids is 3. The maximum absolute atomic E-state index is 14.8. The van der Waals surface area contributed by atoms with E-state index in [-0.39, 0.29) is 95.0 Å². The third-order valence-electron chi connectivity index (χ3n) is 19.6. The lowest BCUT2D eigenvalue weighted by atomic mass is 9.96. The highest BCUT2D eigenvalue weighted by atomic mass is 16.4. The van der Waals surface area contributed by atoms with Crippen LogP contribution in [-0.4, -0.2) is 247 Å². The number of aliphatic hydroxyl groups is 1. The van der Waals surface area contributed by atoms with Gasteiger partial charge in [0.25, 0.3) is 0 Å². The number of nitrogens with zero attached hydrogens (tertiary/aromatic N) is 1. The number of amides is 14. The number of aliphatic hydroxyl groups excluding tert-OH is 1. The standard InChI is InChI=1S/C78H123N19O22/c1-11-42(8)62(95-70(111)52(35-39(2)3)89-66(107)49(22-17-33-84-78(82)83)85-65(106)48(21-15-16-32-79)87-73(114)60(40(4)5)93-64(105)43(9)80)74(115)88-51(29-31-59(103)104)68(109)96-63(44(10)98)75(116)91-53(36-45-19-13-12-14-20-45)71(112)94-61(41(6)7)76(117)97-34-18-23-56(97)72(113)86-50(28-30-58(101)102)67(108)90-54(38-57(81)100)69(110)92-55(77(118)119)37-46-24-26-47(99)27-25-46/h12-14,19-20,24-27,39-44,48-56,60-63,98-99H,11,15-18,21-23,28-38,79-80H2,1-10H3,(H2,81,100)(H,85,106)(H,86,113)(H,87,114)(H,88,115)(H,89,107)(H,90,108)(H,91,116)(H,92,110)(H,93,105)(H,94,112)(H,95,111)(H,96,109)(H,101,102)(H,103,104)(H,118,119)(H4,82,83,84). The maximum atomic E-state index is 14.8. The molecule has 2 aromatic carbocycles. The molecular formula is C78H123N19O22. The highest BCUT2D eigenvalue weighted by molar-refractivity contribution is 6.01. The minimum Gasteiger partial charge on any atom is -0.508 e. The Morgan fingerprint density at radius 2 is 0.916 bits per heavy atom. The molecular weight excluding hydrogens is 1550 g/mol. The molecule has 1 aliphatic rings. The third kappa shape index (κ3) is 35.6. The number of unbranched alkanes of at least 4 members (excludes halogenated alkanes) is 1. The van der Waals surface area contributed by atoms with E-state index >= 15 is 0 Å². The van der Waals surface area contributed by atoms with Crippen molar-refractivity contribution < 1.29 is 107 Å². The number of benzene rings is 2. The molecule has 0 bridgehead atoms. The Bertz CT molecular complexity index is 3810. The average molecular weight is 1680 g/mol. The van der Waals surface area contributed by atoms with E-state index in [0.29, 0.717) is 24.0 Å². The average Bonchev–Trinajstić information content (AvgIpc) is 1.77. The van der Waals surface area contributed by atoms with Crippen LogP contribution in [0.3, 0.4) is 0 Å². The zero-order chi connectivity index (χ0) is 89.7. The minimum atomic E-state index is -1.98. The molecule has 2 aromatic rings. The van der Waals surface area contributed by atoms with Crippen molar-refractivity contribution >= 4 is 107 Å². The normalized spacial score (nSPS) is 16.3. The van der Waals surface area contributed by atoms with Gasteiger partial charge in [-0.15, -0.1) is 0 Å². The number of carbonyl (C=O) groups is 17. The van der Waals surface area contributed by atoms with E-state index in [0.717, 1.165) is 11.8 Å². The van der Waals surface area contributed by atoms with E-state index in [1.165, 1.54) is 31.2 Å². The zero-order valence-corrected chi connectivity index (χ0v) is 69.0. The largest absolute Gasteiger partial charge is 0.508 e. The van der Waals surface area contributed by atoms with Crippen LogP contribution in [0.2, 0.25) is 0 Å². The molecule has 3 rings (SSSR count). The molecule has 1 saturated heterocycles. The first-order chi connectivity index (χ1) is 55.9. The summed E-state index contributed by atoms with van der Waals surface area (Å²) in [6.45, 7) is 15.9. The molecule has 1 aliphatic heterocycles. The number of nitrogens with two attached hydrogens (primary N) is 4. The van der Waals surface area contributed by atoms with Crippen LogP contribution in [0.5, 0.6) is 5.75 Å². The summed E-state index contributed by atoms with van der Waals surface area (Å²) in [6.07, 6.45) is -4.99. The van der Waals surface area contributed by atoms with Crippen LogP contribution in [0.15, 0.2) is 54.6 Å². The Kier molecular flexibility index (Phi) is 43.4. The fourth-order valence-electron chi connectivity index (χ4n) is 12.7. The molecule has 0 saturated carbocycles. The van der Waals surface area contributed by atoms with Gasteiger partial charge in [-0.3, -0.25) is 82.1 Å². The summed E-state index contributed by atoms with van der Waals surface area (Å²) in [6, 6.07) is -7.94. The van der Waals surface area contributed by atoms with E-state index in [1.54, 1.807) is 85.7 Å². The molecule has 1 fully saturated rings. The first-order valence-electron chi connectivity index (χ1n) is 39.8. The van der Waals surface area contributed by atoms with Gasteiger partial charge >= 0.3 is 17.9 Å². The first kappa shape index (κ1) is 102. The summed E-state index contributed by atoms with van der Waals surface area (Å²) in [7, 11) is 0. The number of carboxylic acid groups (broad SMARTS) is 3. The quantitative estimate of drug-likeness (QED) is 0.0172. The number of guanidine groups is 1. The van der Waals surface area contributed by atoms with Crippen molar-refractivity contribution in [2.75, 3.05) is 19.6 Å². The first-order valence-corrected chi connectivity index (χ1v) is 39.8. The second-order valence-electron chi connectivity index (χ2n) is 30.9. The molecule has 41 nitrogen and oxygen atoms in total. The molecule has 27 N–H and O–H groups in total. The number of primary amides is 1. The van der Waals surface area contributed by atoms with Gasteiger partial charge in [-0.1, -0.05) is 104 Å². The highest BCUT2D eigenvalue weighted by Crippen LogP contribution is 2.23. The van der Waals surface area contributed by atoms with E-state index in [2.05, 4.69) is 69.1 Å². The molecule has 0 aromatic heterocycles. The summed E-state index contributed by atoms with van der Waals surface area (Å²) in [5.74, 6) is -21.0. The lowest BCUT2D eigenvalue weighted by Gasteiger charge is -2.32. The van der Waals surface area contributed by atoms with Crippen molar-refractivity contribution in [1.82, 2.24) is 74.0 Å². The van der Waals surface area contributed by atoms with Crippen LogP contribution in [0.1, 0.15) is 170 Å². The lowest BCUT2D eigenvalue weighted by molar-refractivity contribution is -0.144. The number of carboxylic acids is 3. The molecule has 14 amide bonds. The number of carbonyl (C=O) groups excluding carboxylic acids is 14. The van der Waals surface area contributed by atoms with Gasteiger partial charge in [0.2, 0.25) is 82.7 Å². The summed E-state index contributed by atoms with van der Waals surface area (Å²) in [4.78, 5) is 235. The molecule has 0 aliphatic carbocycles. The number of phenolic OH excluding ortho intramolecular Hbond substituents is 1. The summed E-state index contributed by atoms with van der Waals surface area (Å²) < 4.78 is 0. The van der Waals surface area contributed by atoms with Gasteiger partial charge in [0.1, 0.15) is 84.3 Å². The van der Waals surface area contributed by atoms with Crippen LogP contribution >= 0.6 is 0 Å². The third-order valence-corrected chi connectivity index (χ3v) is 19.6. The lowest BCUT2D eigenvalue weighted by Crippen LogP contribution is -2.63. The highest BCUT2D eigenvalue weighted by Gasteiger charge is 2.43. The number of likely N-dealkylation sites (tertiary alicyclic amines) is 1. The van der Waals surface area contributed by atoms with E-state index < -0.39 is 241 Å². The minimum absolute atomic E-state index is 0.0363. The van der Waals surface area contributed by atoms with Gasteiger partial charge in [-0.05, 0) is 132 Å². The molecule has 0 spiro atoms. The Morgan fingerprint density at radius 3 is 1.42 bits per heavy atom. The van der Waals surface area contributed by atoms with Crippen LogP contribution < -0.4 is 92.1 Å². The van der Waals surface area contributed by atoms with Crippen LogP contribution in [0.25, 0.3) is 0 Å². The van der Waals surface area contributed by atoms with Crippen LogP contribution in [0, 0.1) is 29.1 Å². The van der Waals surface area contributed by atoms with Crippen molar-refractivity contribution in [3.8, 4) is 5.75 Å². The second-order valence-corrected chi connectivity index (χ2v) is 30.9. The Hall–Kier alpha value is -11.6. The topological polar surface area (TPSA) is 679 Å². The molecule has 662 valence electrons. The van der Waals surface area contributed by atoms with Crippen molar-refractivity contribution in [3.63, 3.8) is 0 Å². The van der Waals surface area contributed by atoms with Crippen molar-refractivity contribution in [1.29, 1.82) is 5.41 Å². The van der Waals surface area contributed by atoms with Crippen molar-refractivity contribution in [2.45, 2.75) is 263 Å². The van der Waals surface area contributed by atoms with Crippen molar-refractivity contribution in [2.24, 2.45) is 46.6 Å². The number of hydrogen-bond acceptors (Lipinski definition) is 22. The van der Waals surface area contributed by atoms with Gasteiger partial charge < -0.3 is 122 Å². The fraction of sp³-hybridized carbons (Fsp3) is 0.615. The van der Waals surface area contributed by atoms with Gasteiger partial charge in [-0.2, -0.15) is 0 Å². The fourth-order valence-corrected chi connectivity index (χ4v) is 12.7. The zero-order valence-electron chi connectivity index (χ0n) is 69.0. The molecule has 16 atom stereocenters. The van der Waals surface area contributed by atoms with E-state index in [9.17, 15) is 107 Å². The van der Waals surface area contributed by atoms with E-state index in [4.69, 9.17) is 28.3 Å². The Morgan fingerprint density at radius 1 is 0.487 bits per heavy atom. The smallest absolute Gasteiger partial charge is 0.326 e. The number of nitrogens with one attached hydrogen (secondary N) is 14. The maximum Gasteiger partial charge on any atom is 0.326 e. The van der Waals surface area contributed by atoms with Gasteiger partial charge in [0, 0.05) is 38.8 Å². The summed E-state index contributed by atoms with van der Waals surface area (Å²) in [5.41, 5.74) is 23.3. The van der Waals surface area contributed by atoms with Gasteiger partial charge in [0.05, 0.1) is 18.6 Å². The summed E-state index contributed by atoms with van der Waals surface area (Å²) in [5, 5.41) is 91.0. The summed E-state index contributed by atoms with van der Waals surface area (Å²) >= 11 is 0. The van der Waals surface area contributed by atoms with Crippen LogP contribution in [-0.2, 0) is 94.3 Å². The second kappa shape index (κ2) is 50.9. The number of rotatable bonds is 53. The Labute approximate surface area is 690 Å². The number of aromatic hydroxyl groups is 1.